The molecule has 0 N–H and O–H groups in total. The number of rotatable bonds is 4. The van der Waals surface area contributed by atoms with Gasteiger partial charge in [-0.25, -0.2) is 9.37 Å². The molecule has 0 amide bonds. The van der Waals surface area contributed by atoms with Crippen LogP contribution >= 0.6 is 27.5 Å². The highest BCUT2D eigenvalue weighted by Gasteiger charge is 2.19. The van der Waals surface area contributed by atoms with Crippen molar-refractivity contribution in [2.45, 2.75) is 33.2 Å². The quantitative estimate of drug-likeness (QED) is 0.717. The zero-order valence-corrected chi connectivity index (χ0v) is 13.6. The first kappa shape index (κ1) is 14.8. The maximum atomic E-state index is 13.8. The highest BCUT2D eigenvalue weighted by Crippen LogP contribution is 2.29. The van der Waals surface area contributed by atoms with Crippen LogP contribution in [0.3, 0.4) is 0 Å². The van der Waals surface area contributed by atoms with Crippen molar-refractivity contribution in [2.24, 2.45) is 5.92 Å². The van der Waals surface area contributed by atoms with Crippen molar-refractivity contribution in [3.05, 3.63) is 28.2 Å². The molecule has 0 saturated carbocycles. The Labute approximate surface area is 126 Å². The van der Waals surface area contributed by atoms with E-state index >= 15 is 0 Å². The summed E-state index contributed by atoms with van der Waals surface area (Å²) >= 11 is 9.05. The fourth-order valence-corrected chi connectivity index (χ4v) is 2.65. The number of aromatic nitrogens is 2. The molecule has 19 heavy (non-hydrogen) atoms. The van der Waals surface area contributed by atoms with Gasteiger partial charge in [0.2, 0.25) is 0 Å². The first-order valence-corrected chi connectivity index (χ1v) is 7.70. The van der Waals surface area contributed by atoms with E-state index in [-0.39, 0.29) is 11.9 Å². The molecular weight excluding hydrogens is 331 g/mol. The van der Waals surface area contributed by atoms with Crippen LogP contribution in [0.1, 0.15) is 32.6 Å². The standard InChI is InChI=1S/C14H17BrClFN2/c1-8(2)9(3)19-13-7-11(17)10(15)6-12(13)18-14(19)4-5-16/h6-9H,4-5H2,1-3H3. The normalized spacial score (nSPS) is 13.4. The van der Waals surface area contributed by atoms with Gasteiger partial charge in [-0.1, -0.05) is 13.8 Å². The van der Waals surface area contributed by atoms with Crippen LogP contribution in [-0.2, 0) is 6.42 Å². The SMILES string of the molecule is CC(C)C(C)n1c(CCCl)nc2cc(Br)c(F)cc21. The van der Waals surface area contributed by atoms with E-state index in [2.05, 4.69) is 46.3 Å². The molecular formula is C14H17BrClFN2. The van der Waals surface area contributed by atoms with Gasteiger partial charge in [0, 0.05) is 24.4 Å². The summed E-state index contributed by atoms with van der Waals surface area (Å²) in [5, 5.41) is 0. The molecule has 104 valence electrons. The third-order valence-corrected chi connectivity index (χ3v) is 4.29. The highest BCUT2D eigenvalue weighted by atomic mass is 79.9. The Morgan fingerprint density at radius 2 is 2.05 bits per heavy atom. The molecule has 0 saturated heterocycles. The molecule has 1 aromatic heterocycles. The lowest BCUT2D eigenvalue weighted by Crippen LogP contribution is -2.15. The molecule has 1 atom stereocenters. The van der Waals surface area contributed by atoms with Gasteiger partial charge in [-0.05, 0) is 34.8 Å². The van der Waals surface area contributed by atoms with Crippen molar-refractivity contribution in [1.29, 1.82) is 0 Å². The number of fused-ring (bicyclic) bond motifs is 1. The minimum atomic E-state index is -0.262. The van der Waals surface area contributed by atoms with Gasteiger partial charge < -0.3 is 4.57 Å². The molecule has 2 rings (SSSR count). The predicted octanol–water partition coefficient (Wildman–Crippen LogP) is 4.94. The minimum absolute atomic E-state index is 0.254. The smallest absolute Gasteiger partial charge is 0.139 e. The second-order valence-electron chi connectivity index (χ2n) is 5.08. The zero-order valence-electron chi connectivity index (χ0n) is 11.3. The number of aryl methyl sites for hydroxylation is 1. The second-order valence-corrected chi connectivity index (χ2v) is 6.31. The number of benzene rings is 1. The van der Waals surface area contributed by atoms with Crippen molar-refractivity contribution in [3.63, 3.8) is 0 Å². The van der Waals surface area contributed by atoms with E-state index in [1.165, 1.54) is 0 Å². The predicted molar refractivity (Wildman–Crippen MR) is 81.4 cm³/mol. The lowest BCUT2D eigenvalue weighted by molar-refractivity contribution is 0.406. The number of alkyl halides is 1. The fraction of sp³-hybridized carbons (Fsp3) is 0.500. The zero-order chi connectivity index (χ0) is 14.2. The summed E-state index contributed by atoms with van der Waals surface area (Å²) in [5.74, 6) is 1.61. The summed E-state index contributed by atoms with van der Waals surface area (Å²) in [6.07, 6.45) is 0.687. The minimum Gasteiger partial charge on any atom is -0.325 e. The van der Waals surface area contributed by atoms with Gasteiger partial charge in [0.15, 0.2) is 0 Å². The van der Waals surface area contributed by atoms with Crippen LogP contribution in [-0.4, -0.2) is 15.4 Å². The van der Waals surface area contributed by atoms with E-state index in [1.54, 1.807) is 12.1 Å². The summed E-state index contributed by atoms with van der Waals surface area (Å²) in [6.45, 7) is 6.43. The Kier molecular flexibility index (Phi) is 4.51. The molecule has 1 heterocycles. The van der Waals surface area contributed by atoms with Gasteiger partial charge >= 0.3 is 0 Å². The fourth-order valence-electron chi connectivity index (χ4n) is 2.15. The van der Waals surface area contributed by atoms with Crippen LogP contribution in [0.15, 0.2) is 16.6 Å². The van der Waals surface area contributed by atoms with Crippen molar-refractivity contribution >= 4 is 38.6 Å². The van der Waals surface area contributed by atoms with Gasteiger partial charge in [0.05, 0.1) is 15.5 Å². The monoisotopic (exact) mass is 346 g/mol. The van der Waals surface area contributed by atoms with Crippen LogP contribution in [0.4, 0.5) is 4.39 Å². The van der Waals surface area contributed by atoms with Gasteiger partial charge in [-0.3, -0.25) is 0 Å². The first-order chi connectivity index (χ1) is 8.95. The largest absolute Gasteiger partial charge is 0.325 e. The topological polar surface area (TPSA) is 17.8 Å². The molecule has 0 fully saturated rings. The molecule has 0 aliphatic rings. The van der Waals surface area contributed by atoms with E-state index in [4.69, 9.17) is 11.6 Å². The number of nitrogens with zero attached hydrogens (tertiary/aromatic N) is 2. The Hall–Kier alpha value is -0.610. The molecule has 1 aromatic carbocycles. The van der Waals surface area contributed by atoms with Gasteiger partial charge in [0.1, 0.15) is 11.6 Å². The van der Waals surface area contributed by atoms with Crippen LogP contribution < -0.4 is 0 Å². The van der Waals surface area contributed by atoms with Crippen molar-refractivity contribution < 1.29 is 4.39 Å². The van der Waals surface area contributed by atoms with Crippen LogP contribution in [0.5, 0.6) is 0 Å². The van der Waals surface area contributed by atoms with Gasteiger partial charge in [0.25, 0.3) is 0 Å². The third kappa shape index (κ3) is 2.79. The van der Waals surface area contributed by atoms with E-state index in [0.29, 0.717) is 22.7 Å². The van der Waals surface area contributed by atoms with E-state index < -0.39 is 0 Å². The molecule has 0 aliphatic heterocycles. The molecule has 0 aliphatic carbocycles. The molecule has 2 nitrogen and oxygen atoms in total. The second kappa shape index (κ2) is 5.80. The highest BCUT2D eigenvalue weighted by molar-refractivity contribution is 9.10. The number of halogens is 3. The lowest BCUT2D eigenvalue weighted by atomic mass is 10.1. The summed E-state index contributed by atoms with van der Waals surface area (Å²) < 4.78 is 16.3. The van der Waals surface area contributed by atoms with E-state index in [1.807, 2.05) is 0 Å². The Bertz CT molecular complexity index is 595. The van der Waals surface area contributed by atoms with Crippen molar-refractivity contribution in [2.75, 3.05) is 5.88 Å². The van der Waals surface area contributed by atoms with Gasteiger partial charge in [-0.15, -0.1) is 11.6 Å². The summed E-state index contributed by atoms with van der Waals surface area (Å²) in [7, 11) is 0. The molecule has 1 unspecified atom stereocenters. The Morgan fingerprint density at radius 1 is 1.37 bits per heavy atom. The first-order valence-electron chi connectivity index (χ1n) is 6.37. The maximum Gasteiger partial charge on any atom is 0.139 e. The average Bonchev–Trinajstić information content (AvgIpc) is 2.66. The van der Waals surface area contributed by atoms with Gasteiger partial charge in [-0.2, -0.15) is 0 Å². The average molecular weight is 348 g/mol. The number of hydrogen-bond acceptors (Lipinski definition) is 1. The maximum absolute atomic E-state index is 13.8. The van der Waals surface area contributed by atoms with Crippen LogP contribution in [0, 0.1) is 11.7 Å². The van der Waals surface area contributed by atoms with Crippen LogP contribution in [0.2, 0.25) is 0 Å². The molecule has 0 spiro atoms. The molecule has 2 aromatic rings. The molecule has 0 bridgehead atoms. The van der Waals surface area contributed by atoms with Crippen LogP contribution in [0.25, 0.3) is 11.0 Å². The summed E-state index contributed by atoms with van der Waals surface area (Å²) in [5.41, 5.74) is 1.64. The third-order valence-electron chi connectivity index (χ3n) is 3.49. The number of hydrogen-bond donors (Lipinski definition) is 0. The number of imidazole rings is 1. The summed E-state index contributed by atoms with van der Waals surface area (Å²) in [4.78, 5) is 4.59. The summed E-state index contributed by atoms with van der Waals surface area (Å²) in [6, 6.07) is 3.53. The van der Waals surface area contributed by atoms with E-state index in [0.717, 1.165) is 16.9 Å². The Balaban J connectivity index is 2.68. The Morgan fingerprint density at radius 3 is 2.63 bits per heavy atom. The molecule has 5 heteroatoms. The van der Waals surface area contributed by atoms with Crippen molar-refractivity contribution in [3.8, 4) is 0 Å². The van der Waals surface area contributed by atoms with Crippen molar-refractivity contribution in [1.82, 2.24) is 9.55 Å². The molecule has 0 radical (unpaired) electrons. The van der Waals surface area contributed by atoms with E-state index in [9.17, 15) is 4.39 Å². The lowest BCUT2D eigenvalue weighted by Gasteiger charge is -2.21.